The van der Waals surface area contributed by atoms with E-state index in [0.717, 1.165) is 0 Å². The van der Waals surface area contributed by atoms with E-state index in [4.69, 9.17) is 13.9 Å². The summed E-state index contributed by atoms with van der Waals surface area (Å²) >= 11 is 0. The van der Waals surface area contributed by atoms with E-state index in [1.54, 1.807) is 6.92 Å². The van der Waals surface area contributed by atoms with E-state index < -0.39 is 22.9 Å². The van der Waals surface area contributed by atoms with Gasteiger partial charge in [0.25, 0.3) is 0 Å². The number of halogens is 3. The number of piperidine rings is 1. The second-order valence-corrected chi connectivity index (χ2v) is 8.63. The summed E-state index contributed by atoms with van der Waals surface area (Å²) in [5, 5.41) is 10.5. The molecule has 0 spiro atoms. The highest BCUT2D eigenvalue weighted by Gasteiger charge is 2.40. The zero-order chi connectivity index (χ0) is 26.0. The first-order valence-electron chi connectivity index (χ1n) is 11.6. The van der Waals surface area contributed by atoms with Gasteiger partial charge in [-0.1, -0.05) is 12.1 Å². The molecule has 0 aliphatic carbocycles. The lowest BCUT2D eigenvalue weighted by Gasteiger charge is -2.31. The molecule has 1 fully saturated rings. The van der Waals surface area contributed by atoms with Gasteiger partial charge < -0.3 is 19.0 Å². The minimum Gasteiger partial charge on any atom is -0.507 e. The quantitative estimate of drug-likeness (QED) is 0.473. The molecule has 3 aromatic rings. The Labute approximate surface area is 205 Å². The van der Waals surface area contributed by atoms with Crippen molar-refractivity contribution in [1.29, 1.82) is 0 Å². The second-order valence-electron chi connectivity index (χ2n) is 8.63. The van der Waals surface area contributed by atoms with Crippen molar-refractivity contribution in [2.75, 3.05) is 26.8 Å². The summed E-state index contributed by atoms with van der Waals surface area (Å²) in [5.41, 5.74) is -1.72. The van der Waals surface area contributed by atoms with Gasteiger partial charge in [0, 0.05) is 13.1 Å². The van der Waals surface area contributed by atoms with E-state index >= 15 is 0 Å². The van der Waals surface area contributed by atoms with E-state index in [1.807, 2.05) is 4.90 Å². The highest BCUT2D eigenvalue weighted by Crippen LogP contribution is 2.39. The van der Waals surface area contributed by atoms with E-state index in [9.17, 15) is 27.9 Å². The number of methoxy groups -OCH3 is 1. The number of carbonyl (C=O) groups excluding carboxylic acids is 1. The number of phenolic OH excluding ortho intramolecular Hbond substituents is 1. The van der Waals surface area contributed by atoms with Gasteiger partial charge >= 0.3 is 12.1 Å². The smallest absolute Gasteiger partial charge is 0.450 e. The molecular formula is C26H26F3NO6. The zero-order valence-corrected chi connectivity index (χ0v) is 19.9. The molecule has 1 N–H and O–H groups in total. The Morgan fingerprint density at radius 1 is 1.19 bits per heavy atom. The van der Waals surface area contributed by atoms with Crippen molar-refractivity contribution in [1.82, 2.24) is 4.90 Å². The van der Waals surface area contributed by atoms with Gasteiger partial charge in [0.15, 0.2) is 0 Å². The molecule has 192 valence electrons. The van der Waals surface area contributed by atoms with E-state index in [-0.39, 0.29) is 52.9 Å². The van der Waals surface area contributed by atoms with Gasteiger partial charge in [-0.25, -0.2) is 0 Å². The summed E-state index contributed by atoms with van der Waals surface area (Å²) in [4.78, 5) is 27.4. The number of carbonyl (C=O) groups is 1. The number of likely N-dealkylation sites (tertiary alicyclic amines) is 1. The van der Waals surface area contributed by atoms with Crippen molar-refractivity contribution in [2.45, 2.75) is 32.5 Å². The molecule has 2 heterocycles. The van der Waals surface area contributed by atoms with E-state index in [1.165, 1.54) is 43.5 Å². The maximum Gasteiger partial charge on any atom is 0.450 e. The number of ether oxygens (including phenoxy) is 2. The largest absolute Gasteiger partial charge is 0.507 e. The lowest BCUT2D eigenvalue weighted by Crippen LogP contribution is -2.39. The van der Waals surface area contributed by atoms with Crippen LogP contribution in [0.25, 0.3) is 22.1 Å². The molecular weight excluding hydrogens is 479 g/mol. The van der Waals surface area contributed by atoms with Gasteiger partial charge in [-0.05, 0) is 56.1 Å². The van der Waals surface area contributed by atoms with Crippen molar-refractivity contribution < 1.29 is 37.0 Å². The number of rotatable bonds is 6. The number of aromatic hydroxyl groups is 1. The third-order valence-corrected chi connectivity index (χ3v) is 6.28. The third-order valence-electron chi connectivity index (χ3n) is 6.28. The number of hydrogen-bond acceptors (Lipinski definition) is 7. The van der Waals surface area contributed by atoms with Crippen LogP contribution in [-0.4, -0.2) is 42.8 Å². The van der Waals surface area contributed by atoms with Crippen LogP contribution in [0.5, 0.6) is 11.5 Å². The van der Waals surface area contributed by atoms with Crippen LogP contribution < -0.4 is 10.2 Å². The molecule has 10 heteroatoms. The van der Waals surface area contributed by atoms with E-state index in [2.05, 4.69) is 0 Å². The number of alkyl halides is 3. The van der Waals surface area contributed by atoms with Crippen molar-refractivity contribution >= 4 is 16.9 Å². The Kier molecular flexibility index (Phi) is 7.26. The van der Waals surface area contributed by atoms with Crippen LogP contribution in [0.15, 0.2) is 45.6 Å². The number of esters is 1. The Morgan fingerprint density at radius 2 is 1.92 bits per heavy atom. The van der Waals surface area contributed by atoms with Crippen LogP contribution in [0.4, 0.5) is 13.2 Å². The molecule has 1 aliphatic heterocycles. The standard InChI is InChI=1S/C26H26F3NO6/c1-3-35-25(33)16-5-4-12-30(13-16)14-19-20(31)11-10-18-22(32)21(15-6-8-17(34-2)9-7-15)24(26(27,28)29)36-23(18)19/h6-11,16,31H,3-5,12-14H2,1-2H3. The molecule has 0 amide bonds. The maximum atomic E-state index is 14.1. The Hall–Kier alpha value is -3.53. The van der Waals surface area contributed by atoms with Crippen LogP contribution in [-0.2, 0) is 22.3 Å². The average molecular weight is 505 g/mol. The predicted molar refractivity (Wildman–Crippen MR) is 126 cm³/mol. The topological polar surface area (TPSA) is 89.2 Å². The first kappa shape index (κ1) is 25.6. The molecule has 7 nitrogen and oxygen atoms in total. The first-order valence-corrected chi connectivity index (χ1v) is 11.6. The van der Waals surface area contributed by atoms with Gasteiger partial charge in [0.1, 0.15) is 17.1 Å². The molecule has 4 rings (SSSR count). The van der Waals surface area contributed by atoms with Gasteiger partial charge in [-0.15, -0.1) is 0 Å². The summed E-state index contributed by atoms with van der Waals surface area (Å²) in [6.45, 7) is 2.84. The van der Waals surface area contributed by atoms with Crippen LogP contribution in [0.1, 0.15) is 31.1 Å². The molecule has 1 unspecified atom stereocenters. The minimum atomic E-state index is -4.97. The fraction of sp³-hybridized carbons (Fsp3) is 0.385. The number of benzene rings is 2. The Bertz CT molecular complexity index is 1320. The lowest BCUT2D eigenvalue weighted by molar-refractivity contribution is -0.152. The van der Waals surface area contributed by atoms with Crippen molar-refractivity contribution in [3.63, 3.8) is 0 Å². The molecule has 36 heavy (non-hydrogen) atoms. The normalized spacial score (nSPS) is 16.8. The van der Waals surface area contributed by atoms with Crippen molar-refractivity contribution in [3.05, 3.63) is 57.9 Å². The van der Waals surface area contributed by atoms with Crippen LogP contribution >= 0.6 is 0 Å². The van der Waals surface area contributed by atoms with Crippen LogP contribution in [0.2, 0.25) is 0 Å². The molecule has 0 saturated carbocycles. The molecule has 1 atom stereocenters. The highest BCUT2D eigenvalue weighted by atomic mass is 19.4. The lowest BCUT2D eigenvalue weighted by atomic mass is 9.97. The van der Waals surface area contributed by atoms with Gasteiger partial charge in [-0.3, -0.25) is 14.5 Å². The fourth-order valence-corrected chi connectivity index (χ4v) is 4.55. The maximum absolute atomic E-state index is 14.1. The summed E-state index contributed by atoms with van der Waals surface area (Å²) < 4.78 is 57.9. The Morgan fingerprint density at radius 3 is 2.56 bits per heavy atom. The van der Waals surface area contributed by atoms with Crippen molar-refractivity contribution in [2.24, 2.45) is 5.92 Å². The number of fused-ring (bicyclic) bond motifs is 1. The second kappa shape index (κ2) is 10.2. The number of nitrogens with zero attached hydrogens (tertiary/aromatic N) is 1. The molecule has 2 aromatic carbocycles. The molecule has 1 aliphatic rings. The predicted octanol–water partition coefficient (Wildman–Crippen LogP) is 4.97. The van der Waals surface area contributed by atoms with Crippen LogP contribution in [0, 0.1) is 5.92 Å². The number of phenols is 1. The monoisotopic (exact) mass is 505 g/mol. The van der Waals surface area contributed by atoms with E-state index in [0.29, 0.717) is 31.7 Å². The fourth-order valence-electron chi connectivity index (χ4n) is 4.55. The summed E-state index contributed by atoms with van der Waals surface area (Å²) in [6.07, 6.45) is -3.66. The summed E-state index contributed by atoms with van der Waals surface area (Å²) in [6, 6.07) is 8.15. The molecule has 1 aromatic heterocycles. The van der Waals surface area contributed by atoms with Gasteiger partial charge in [-0.2, -0.15) is 13.2 Å². The highest BCUT2D eigenvalue weighted by molar-refractivity contribution is 5.87. The van der Waals surface area contributed by atoms with Crippen molar-refractivity contribution in [3.8, 4) is 22.6 Å². The molecule has 0 radical (unpaired) electrons. The Balaban J connectivity index is 1.81. The summed E-state index contributed by atoms with van der Waals surface area (Å²) in [7, 11) is 1.42. The molecule has 0 bridgehead atoms. The third kappa shape index (κ3) is 5.04. The molecule has 1 saturated heterocycles. The van der Waals surface area contributed by atoms with Gasteiger partial charge in [0.2, 0.25) is 11.2 Å². The summed E-state index contributed by atoms with van der Waals surface area (Å²) in [5.74, 6) is -2.03. The first-order chi connectivity index (χ1) is 17.1. The minimum absolute atomic E-state index is 0.00119. The van der Waals surface area contributed by atoms with Crippen LogP contribution in [0.3, 0.4) is 0 Å². The SMILES string of the molecule is CCOC(=O)C1CCCN(Cc2c(O)ccc3c(=O)c(-c4ccc(OC)cc4)c(C(F)(F)F)oc23)C1. The zero-order valence-electron chi connectivity index (χ0n) is 19.9. The number of hydrogen-bond donors (Lipinski definition) is 1. The average Bonchev–Trinajstić information content (AvgIpc) is 2.85. The van der Waals surface area contributed by atoms with Gasteiger partial charge in [0.05, 0.1) is 36.1 Å².